The normalized spacial score (nSPS) is 11.7. The van der Waals surface area contributed by atoms with E-state index in [9.17, 15) is 9.59 Å². The van der Waals surface area contributed by atoms with Crippen LogP contribution in [0, 0.1) is 0 Å². The Morgan fingerprint density at radius 2 is 1.81 bits per heavy atom. The van der Waals surface area contributed by atoms with Crippen LogP contribution in [0.25, 0.3) is 0 Å². The largest absolute Gasteiger partial charge is 0.482 e. The van der Waals surface area contributed by atoms with E-state index in [2.05, 4.69) is 21.2 Å². The summed E-state index contributed by atoms with van der Waals surface area (Å²) >= 11 is 21.7. The lowest BCUT2D eigenvalue weighted by atomic mass is 10.1. The van der Waals surface area contributed by atoms with Gasteiger partial charge < -0.3 is 15.0 Å². The fourth-order valence-electron chi connectivity index (χ4n) is 3.08. The Morgan fingerprint density at radius 3 is 2.44 bits per heavy atom. The Bertz CT molecular complexity index is 943. The molecule has 9 heteroatoms. The summed E-state index contributed by atoms with van der Waals surface area (Å²) in [6, 6.07) is 9.62. The van der Waals surface area contributed by atoms with E-state index in [0.717, 1.165) is 22.9 Å². The second-order valence-corrected chi connectivity index (χ2v) is 9.34. The monoisotopic (exact) mass is 562 g/mol. The minimum Gasteiger partial charge on any atom is -0.482 e. The first-order valence-corrected chi connectivity index (χ1v) is 12.3. The van der Waals surface area contributed by atoms with Crippen LogP contribution >= 0.6 is 50.7 Å². The second kappa shape index (κ2) is 13.3. The Hall–Kier alpha value is -1.47. The van der Waals surface area contributed by atoms with Crippen LogP contribution < -0.4 is 10.1 Å². The zero-order valence-corrected chi connectivity index (χ0v) is 21.8. The summed E-state index contributed by atoms with van der Waals surface area (Å²) < 4.78 is 6.47. The van der Waals surface area contributed by atoms with Crippen molar-refractivity contribution < 1.29 is 14.3 Å². The average molecular weight is 565 g/mol. The molecule has 32 heavy (non-hydrogen) atoms. The van der Waals surface area contributed by atoms with E-state index in [4.69, 9.17) is 39.5 Å². The van der Waals surface area contributed by atoms with Crippen molar-refractivity contribution in [2.75, 3.05) is 13.2 Å². The van der Waals surface area contributed by atoms with Gasteiger partial charge in [0.2, 0.25) is 5.91 Å². The summed E-state index contributed by atoms with van der Waals surface area (Å²) in [5, 5.41) is 4.11. The van der Waals surface area contributed by atoms with Gasteiger partial charge in [0.05, 0.1) is 15.1 Å². The molecule has 2 aromatic carbocycles. The lowest BCUT2D eigenvalue weighted by Crippen LogP contribution is -2.50. The number of hydrogen-bond acceptors (Lipinski definition) is 3. The summed E-state index contributed by atoms with van der Waals surface area (Å²) in [5.41, 5.74) is 0.759. The van der Waals surface area contributed by atoms with E-state index in [1.807, 2.05) is 13.8 Å². The Morgan fingerprint density at radius 1 is 1.06 bits per heavy atom. The van der Waals surface area contributed by atoms with Crippen LogP contribution in [0.1, 0.15) is 38.7 Å². The zero-order chi connectivity index (χ0) is 23.7. The van der Waals surface area contributed by atoms with E-state index in [-0.39, 0.29) is 25.0 Å². The predicted octanol–water partition coefficient (Wildman–Crippen LogP) is 6.51. The molecule has 0 bridgehead atoms. The molecule has 174 valence electrons. The highest BCUT2D eigenvalue weighted by Crippen LogP contribution is 2.28. The number of carbonyl (C=O) groups is 2. The summed E-state index contributed by atoms with van der Waals surface area (Å²) in [6.45, 7) is 4.40. The highest BCUT2D eigenvalue weighted by Gasteiger charge is 2.29. The van der Waals surface area contributed by atoms with Gasteiger partial charge in [-0.1, -0.05) is 77.1 Å². The van der Waals surface area contributed by atoms with Crippen molar-refractivity contribution in [3.05, 3.63) is 61.5 Å². The van der Waals surface area contributed by atoms with Gasteiger partial charge in [-0.2, -0.15) is 0 Å². The summed E-state index contributed by atoms with van der Waals surface area (Å²) in [7, 11) is 0. The standard InChI is InChI=1S/C23H26BrCl3N2O3/c1-3-5-10-28-23(31)20(4-2)29(13-15-6-8-17(25)18(26)11-15)22(30)14-32-21-9-7-16(24)12-19(21)27/h6-9,11-12,20H,3-5,10,13-14H2,1-2H3,(H,28,31)/t20-/m1/s1. The molecule has 0 aliphatic rings. The van der Waals surface area contributed by atoms with Crippen LogP contribution in [0.5, 0.6) is 5.75 Å². The number of hydrogen-bond donors (Lipinski definition) is 1. The molecular weight excluding hydrogens is 539 g/mol. The van der Waals surface area contributed by atoms with Crippen LogP contribution in [-0.2, 0) is 16.1 Å². The SMILES string of the molecule is CCCCNC(=O)[C@@H](CC)N(Cc1ccc(Cl)c(Cl)c1)C(=O)COc1ccc(Br)cc1Cl. The Kier molecular flexibility index (Phi) is 11.1. The van der Waals surface area contributed by atoms with Crippen molar-refractivity contribution in [1.82, 2.24) is 10.2 Å². The Balaban J connectivity index is 2.22. The molecule has 2 aromatic rings. The van der Waals surface area contributed by atoms with E-state index in [1.165, 1.54) is 4.90 Å². The van der Waals surface area contributed by atoms with Gasteiger partial charge >= 0.3 is 0 Å². The van der Waals surface area contributed by atoms with Gasteiger partial charge in [0.1, 0.15) is 11.8 Å². The molecule has 0 fully saturated rings. The number of unbranched alkanes of at least 4 members (excludes halogenated alkanes) is 1. The molecule has 0 spiro atoms. The second-order valence-electron chi connectivity index (χ2n) is 7.20. The highest BCUT2D eigenvalue weighted by atomic mass is 79.9. The van der Waals surface area contributed by atoms with Crippen molar-refractivity contribution in [2.24, 2.45) is 0 Å². The summed E-state index contributed by atoms with van der Waals surface area (Å²) in [6.07, 6.45) is 2.28. The molecule has 0 unspecified atom stereocenters. The van der Waals surface area contributed by atoms with Gasteiger partial charge in [-0.25, -0.2) is 0 Å². The van der Waals surface area contributed by atoms with Crippen molar-refractivity contribution in [2.45, 2.75) is 45.7 Å². The maximum Gasteiger partial charge on any atom is 0.261 e. The highest BCUT2D eigenvalue weighted by molar-refractivity contribution is 9.10. The van der Waals surface area contributed by atoms with Gasteiger partial charge in [0, 0.05) is 17.6 Å². The van der Waals surface area contributed by atoms with Gasteiger partial charge in [-0.3, -0.25) is 9.59 Å². The molecule has 0 radical (unpaired) electrons. The minimum absolute atomic E-state index is 0.187. The maximum atomic E-state index is 13.2. The van der Waals surface area contributed by atoms with E-state index >= 15 is 0 Å². The minimum atomic E-state index is -0.655. The third kappa shape index (κ3) is 7.84. The molecule has 1 atom stereocenters. The van der Waals surface area contributed by atoms with Gasteiger partial charge in [0.25, 0.3) is 5.91 Å². The number of nitrogens with zero attached hydrogens (tertiary/aromatic N) is 1. The van der Waals surface area contributed by atoms with Crippen molar-refractivity contribution >= 4 is 62.5 Å². The predicted molar refractivity (Wildman–Crippen MR) is 134 cm³/mol. The van der Waals surface area contributed by atoms with E-state index in [0.29, 0.717) is 33.8 Å². The van der Waals surface area contributed by atoms with Crippen LogP contribution in [0.15, 0.2) is 40.9 Å². The molecule has 2 rings (SSSR count). The average Bonchev–Trinajstić information content (AvgIpc) is 2.75. The number of benzene rings is 2. The first-order chi connectivity index (χ1) is 15.3. The molecular formula is C23H26BrCl3N2O3. The first-order valence-electron chi connectivity index (χ1n) is 10.4. The molecule has 0 aliphatic carbocycles. The smallest absolute Gasteiger partial charge is 0.261 e. The number of nitrogens with one attached hydrogen (secondary N) is 1. The summed E-state index contributed by atoms with van der Waals surface area (Å²) in [4.78, 5) is 27.6. The van der Waals surface area contributed by atoms with Crippen molar-refractivity contribution in [1.29, 1.82) is 0 Å². The molecule has 1 N–H and O–H groups in total. The number of amides is 2. The van der Waals surface area contributed by atoms with Gasteiger partial charge in [-0.05, 0) is 48.7 Å². The quantitative estimate of drug-likeness (QED) is 0.317. The zero-order valence-electron chi connectivity index (χ0n) is 18.0. The van der Waals surface area contributed by atoms with E-state index < -0.39 is 6.04 Å². The molecule has 5 nitrogen and oxygen atoms in total. The van der Waals surface area contributed by atoms with Crippen LogP contribution in [0.4, 0.5) is 0 Å². The van der Waals surface area contributed by atoms with Crippen LogP contribution in [-0.4, -0.2) is 35.9 Å². The third-order valence-corrected chi connectivity index (χ3v) is 6.33. The molecule has 0 aromatic heterocycles. The van der Waals surface area contributed by atoms with Crippen LogP contribution in [0.3, 0.4) is 0 Å². The molecule has 0 saturated heterocycles. The Labute approximate surface area is 212 Å². The molecule has 0 aliphatic heterocycles. The lowest BCUT2D eigenvalue weighted by Gasteiger charge is -2.30. The maximum absolute atomic E-state index is 13.2. The third-order valence-electron chi connectivity index (χ3n) is 4.80. The molecule has 2 amide bonds. The van der Waals surface area contributed by atoms with Gasteiger partial charge in [-0.15, -0.1) is 0 Å². The van der Waals surface area contributed by atoms with Crippen LogP contribution in [0.2, 0.25) is 15.1 Å². The topological polar surface area (TPSA) is 58.6 Å². The number of ether oxygens (including phenoxy) is 1. The lowest BCUT2D eigenvalue weighted by molar-refractivity contribution is -0.143. The fourth-order valence-corrected chi connectivity index (χ4v) is 4.12. The first kappa shape index (κ1) is 26.8. The molecule has 0 saturated carbocycles. The van der Waals surface area contributed by atoms with Crippen molar-refractivity contribution in [3.8, 4) is 5.75 Å². The number of carbonyl (C=O) groups excluding carboxylic acids is 2. The number of rotatable bonds is 11. The van der Waals surface area contributed by atoms with Crippen molar-refractivity contribution in [3.63, 3.8) is 0 Å². The number of halogens is 4. The van der Waals surface area contributed by atoms with Gasteiger partial charge in [0.15, 0.2) is 6.61 Å². The summed E-state index contributed by atoms with van der Waals surface area (Å²) in [5.74, 6) is -0.151. The molecule has 0 heterocycles. The van der Waals surface area contributed by atoms with E-state index in [1.54, 1.807) is 36.4 Å². The fraction of sp³-hybridized carbons (Fsp3) is 0.391.